The fourth-order valence-electron chi connectivity index (χ4n) is 4.86. The second-order valence-electron chi connectivity index (χ2n) is 9.30. The molecule has 0 amide bonds. The zero-order chi connectivity index (χ0) is 21.5. The summed E-state index contributed by atoms with van der Waals surface area (Å²) in [7, 11) is 0. The minimum absolute atomic E-state index is 0.211. The van der Waals surface area contributed by atoms with Crippen molar-refractivity contribution in [1.29, 1.82) is 0 Å². The molecule has 0 aromatic heterocycles. The molecule has 2 aromatic carbocycles. The number of carboxylic acid groups (broad SMARTS) is 1. The van der Waals surface area contributed by atoms with E-state index in [1.807, 2.05) is 5.01 Å². The Bertz CT molecular complexity index is 1010. The Morgan fingerprint density at radius 3 is 2.68 bits per heavy atom. The summed E-state index contributed by atoms with van der Waals surface area (Å²) >= 11 is 0. The van der Waals surface area contributed by atoms with E-state index >= 15 is 0 Å². The van der Waals surface area contributed by atoms with Crippen molar-refractivity contribution in [2.45, 2.75) is 39.2 Å². The number of ether oxygens (including phenoxy) is 1. The molecule has 1 N–H and O–H groups in total. The topological polar surface area (TPSA) is 65.4 Å². The van der Waals surface area contributed by atoms with Gasteiger partial charge in [0, 0.05) is 24.7 Å². The normalized spacial score (nSPS) is 21.1. The van der Waals surface area contributed by atoms with Gasteiger partial charge in [-0.3, -0.25) is 9.69 Å². The van der Waals surface area contributed by atoms with Crippen LogP contribution in [-0.2, 0) is 22.4 Å². The first-order valence-electron chi connectivity index (χ1n) is 11.2. The fraction of sp³-hybridized carbons (Fsp3) is 0.440. The van der Waals surface area contributed by atoms with Crippen LogP contribution in [0.25, 0.3) is 0 Å². The van der Waals surface area contributed by atoms with E-state index in [0.29, 0.717) is 37.7 Å². The Kier molecular flexibility index (Phi) is 5.18. The lowest BCUT2D eigenvalue weighted by Gasteiger charge is -2.41. The van der Waals surface area contributed by atoms with Gasteiger partial charge in [-0.05, 0) is 66.1 Å². The van der Waals surface area contributed by atoms with Crippen LogP contribution in [0.15, 0.2) is 47.6 Å². The number of rotatable bonds is 6. The maximum absolute atomic E-state index is 11.1. The van der Waals surface area contributed by atoms with E-state index in [1.165, 1.54) is 16.7 Å². The van der Waals surface area contributed by atoms with Crippen molar-refractivity contribution in [3.05, 3.63) is 64.7 Å². The molecule has 6 nitrogen and oxygen atoms in total. The van der Waals surface area contributed by atoms with E-state index in [4.69, 9.17) is 14.9 Å². The van der Waals surface area contributed by atoms with Crippen molar-refractivity contribution in [3.8, 4) is 0 Å². The summed E-state index contributed by atoms with van der Waals surface area (Å²) in [6.45, 7) is 6.18. The van der Waals surface area contributed by atoms with Crippen LogP contribution in [0.4, 0.5) is 5.69 Å². The molecule has 5 rings (SSSR count). The average molecular weight is 420 g/mol. The maximum atomic E-state index is 11.1. The first kappa shape index (κ1) is 20.1. The molecular weight excluding hydrogens is 390 g/mol. The SMILES string of the molecule is CC(C)Cc1ccc(C2=NN(c3ccc4c(c3)CC[C@@H]4N3CC(C(=O)O)C3)CO2)cc1. The van der Waals surface area contributed by atoms with Crippen LogP contribution in [0.5, 0.6) is 0 Å². The van der Waals surface area contributed by atoms with Gasteiger partial charge in [0.15, 0.2) is 6.73 Å². The van der Waals surface area contributed by atoms with E-state index < -0.39 is 5.97 Å². The molecule has 2 heterocycles. The second kappa shape index (κ2) is 8.00. The molecule has 0 spiro atoms. The molecule has 3 aliphatic rings. The maximum Gasteiger partial charge on any atom is 0.309 e. The van der Waals surface area contributed by atoms with Crippen LogP contribution in [0.2, 0.25) is 0 Å². The Labute approximate surface area is 183 Å². The number of carboxylic acids is 1. The van der Waals surface area contributed by atoms with E-state index in [0.717, 1.165) is 30.5 Å². The molecule has 0 unspecified atom stereocenters. The van der Waals surface area contributed by atoms with Gasteiger partial charge in [0.1, 0.15) is 0 Å². The predicted molar refractivity (Wildman–Crippen MR) is 120 cm³/mol. The number of fused-ring (bicyclic) bond motifs is 1. The van der Waals surface area contributed by atoms with E-state index in [-0.39, 0.29) is 5.92 Å². The van der Waals surface area contributed by atoms with Crippen LogP contribution in [-0.4, -0.2) is 41.7 Å². The summed E-state index contributed by atoms with van der Waals surface area (Å²) < 4.78 is 5.88. The molecule has 0 radical (unpaired) electrons. The van der Waals surface area contributed by atoms with E-state index in [9.17, 15) is 4.79 Å². The van der Waals surface area contributed by atoms with Crippen LogP contribution >= 0.6 is 0 Å². The lowest BCUT2D eigenvalue weighted by atomic mass is 9.95. The van der Waals surface area contributed by atoms with Gasteiger partial charge in [0.25, 0.3) is 0 Å². The lowest BCUT2D eigenvalue weighted by Crippen LogP contribution is -2.51. The summed E-state index contributed by atoms with van der Waals surface area (Å²) in [5, 5.41) is 15.8. The van der Waals surface area contributed by atoms with Gasteiger partial charge < -0.3 is 9.84 Å². The van der Waals surface area contributed by atoms with Crippen LogP contribution in [0.3, 0.4) is 0 Å². The molecule has 0 saturated carbocycles. The third-order valence-electron chi connectivity index (χ3n) is 6.55. The van der Waals surface area contributed by atoms with Crippen molar-refractivity contribution in [1.82, 2.24) is 4.90 Å². The molecule has 1 atom stereocenters. The highest BCUT2D eigenvalue weighted by Crippen LogP contribution is 2.41. The fourth-order valence-corrected chi connectivity index (χ4v) is 4.86. The van der Waals surface area contributed by atoms with Gasteiger partial charge in [-0.15, -0.1) is 5.10 Å². The van der Waals surface area contributed by atoms with E-state index in [1.54, 1.807) is 0 Å². The first-order valence-corrected chi connectivity index (χ1v) is 11.2. The standard InChI is InChI=1S/C25H29N3O3/c1-16(2)11-17-3-5-18(6-4-17)24-26-28(15-31-24)21-8-9-22-19(12-21)7-10-23(22)27-13-20(14-27)25(29)30/h3-6,8-9,12,16,20,23H,7,10-11,13-15H2,1-2H3,(H,29,30)/t23-/m0/s1. The molecular formula is C25H29N3O3. The number of aryl methyl sites for hydroxylation is 1. The molecule has 6 heteroatoms. The van der Waals surface area contributed by atoms with Crippen molar-refractivity contribution >= 4 is 17.6 Å². The third-order valence-corrected chi connectivity index (χ3v) is 6.55. The van der Waals surface area contributed by atoms with Crippen LogP contribution in [0.1, 0.15) is 48.6 Å². The summed E-state index contributed by atoms with van der Waals surface area (Å²) in [5.74, 6) is 0.412. The highest BCUT2D eigenvalue weighted by atomic mass is 16.5. The van der Waals surface area contributed by atoms with Gasteiger partial charge >= 0.3 is 5.97 Å². The van der Waals surface area contributed by atoms with Crippen molar-refractivity contribution < 1.29 is 14.6 Å². The molecule has 2 aromatic rings. The number of hydrazone groups is 1. The molecule has 0 bridgehead atoms. The van der Waals surface area contributed by atoms with Crippen molar-refractivity contribution in [2.75, 3.05) is 24.8 Å². The quantitative estimate of drug-likeness (QED) is 0.765. The number of aliphatic carboxylic acids is 1. The summed E-state index contributed by atoms with van der Waals surface area (Å²) in [6, 6.07) is 15.3. The molecule has 1 fully saturated rings. The Hall–Kier alpha value is -2.86. The van der Waals surface area contributed by atoms with E-state index in [2.05, 4.69) is 61.2 Å². The number of benzene rings is 2. The first-order chi connectivity index (χ1) is 15.0. The Morgan fingerprint density at radius 2 is 1.97 bits per heavy atom. The molecule has 31 heavy (non-hydrogen) atoms. The molecule has 1 saturated heterocycles. The third kappa shape index (κ3) is 3.92. The largest absolute Gasteiger partial charge is 0.481 e. The summed E-state index contributed by atoms with van der Waals surface area (Å²) in [4.78, 5) is 13.4. The van der Waals surface area contributed by atoms with Crippen LogP contribution < -0.4 is 5.01 Å². The van der Waals surface area contributed by atoms with Gasteiger partial charge in [-0.2, -0.15) is 0 Å². The molecule has 1 aliphatic carbocycles. The minimum Gasteiger partial charge on any atom is -0.481 e. The lowest BCUT2D eigenvalue weighted by molar-refractivity contribution is -0.148. The molecule has 162 valence electrons. The number of likely N-dealkylation sites (tertiary alicyclic amines) is 1. The van der Waals surface area contributed by atoms with Crippen LogP contribution in [0, 0.1) is 11.8 Å². The summed E-state index contributed by atoms with van der Waals surface area (Å²) in [5.41, 5.74) is 6.04. The number of carbonyl (C=O) groups is 1. The number of hydrogen-bond acceptors (Lipinski definition) is 5. The van der Waals surface area contributed by atoms with Gasteiger partial charge in [0.2, 0.25) is 5.90 Å². The number of anilines is 1. The number of nitrogens with zero attached hydrogens (tertiary/aromatic N) is 3. The monoisotopic (exact) mass is 419 g/mol. The molecule has 2 aliphatic heterocycles. The second-order valence-corrected chi connectivity index (χ2v) is 9.30. The van der Waals surface area contributed by atoms with Crippen molar-refractivity contribution in [2.24, 2.45) is 16.9 Å². The zero-order valence-electron chi connectivity index (χ0n) is 18.1. The number of hydrogen-bond donors (Lipinski definition) is 1. The average Bonchev–Trinajstić information content (AvgIpc) is 3.34. The van der Waals surface area contributed by atoms with Gasteiger partial charge in [0.05, 0.1) is 11.6 Å². The highest BCUT2D eigenvalue weighted by Gasteiger charge is 2.39. The van der Waals surface area contributed by atoms with Crippen molar-refractivity contribution in [3.63, 3.8) is 0 Å². The predicted octanol–water partition coefficient (Wildman–Crippen LogP) is 4.04. The minimum atomic E-state index is -0.679. The zero-order valence-corrected chi connectivity index (χ0v) is 18.1. The Balaban J connectivity index is 1.28. The highest BCUT2D eigenvalue weighted by molar-refractivity contribution is 5.95. The Morgan fingerprint density at radius 1 is 1.19 bits per heavy atom. The smallest absolute Gasteiger partial charge is 0.309 e. The summed E-state index contributed by atoms with van der Waals surface area (Å²) in [6.07, 6.45) is 3.15. The van der Waals surface area contributed by atoms with Gasteiger partial charge in [-0.25, -0.2) is 5.01 Å². The van der Waals surface area contributed by atoms with Gasteiger partial charge in [-0.1, -0.05) is 32.0 Å².